The Morgan fingerprint density at radius 1 is 1.29 bits per heavy atom. The van der Waals surface area contributed by atoms with Crippen LogP contribution in [0.15, 0.2) is 23.2 Å². The van der Waals surface area contributed by atoms with Crippen molar-refractivity contribution in [2.75, 3.05) is 25.5 Å². The third kappa shape index (κ3) is 2.58. The molecule has 94 valence electrons. The summed E-state index contributed by atoms with van der Waals surface area (Å²) in [7, 11) is -1.62. The van der Waals surface area contributed by atoms with Gasteiger partial charge in [0, 0.05) is 32.4 Å². The fraction of sp³-hybridized carbons (Fsp3) is 0.545. The predicted molar refractivity (Wildman–Crippen MR) is 66.4 cm³/mol. The van der Waals surface area contributed by atoms with Crippen LogP contribution in [0.3, 0.4) is 0 Å². The van der Waals surface area contributed by atoms with Gasteiger partial charge in [0.25, 0.3) is 0 Å². The molecule has 0 aromatic carbocycles. The number of anilines is 1. The zero-order chi connectivity index (χ0) is 12.3. The highest BCUT2D eigenvalue weighted by Gasteiger charge is 2.25. The van der Waals surface area contributed by atoms with Crippen molar-refractivity contribution in [3.05, 3.63) is 18.3 Å². The number of nitrogens with one attached hydrogen (secondary N) is 1. The Morgan fingerprint density at radius 3 is 2.65 bits per heavy atom. The number of sulfonamides is 1. The summed E-state index contributed by atoms with van der Waals surface area (Å²) in [5, 5.41) is 2.85. The Kier molecular flexibility index (Phi) is 3.63. The molecule has 5 nitrogen and oxygen atoms in total. The monoisotopic (exact) mass is 255 g/mol. The van der Waals surface area contributed by atoms with Crippen molar-refractivity contribution in [3.8, 4) is 0 Å². The van der Waals surface area contributed by atoms with E-state index in [2.05, 4.69) is 10.3 Å². The van der Waals surface area contributed by atoms with Crippen molar-refractivity contribution < 1.29 is 8.42 Å². The molecule has 17 heavy (non-hydrogen) atoms. The van der Waals surface area contributed by atoms with Crippen LogP contribution in [-0.2, 0) is 10.0 Å². The van der Waals surface area contributed by atoms with Gasteiger partial charge in [0.1, 0.15) is 5.82 Å². The molecule has 1 aliphatic rings. The normalized spacial score (nSPS) is 17.9. The zero-order valence-corrected chi connectivity index (χ0v) is 10.7. The molecule has 6 heteroatoms. The Bertz CT molecular complexity index is 481. The van der Waals surface area contributed by atoms with E-state index in [1.165, 1.54) is 6.20 Å². The van der Waals surface area contributed by atoms with E-state index in [1.807, 2.05) is 0 Å². The van der Waals surface area contributed by atoms with Crippen LogP contribution in [-0.4, -0.2) is 37.8 Å². The molecular weight excluding hydrogens is 238 g/mol. The molecule has 0 atom stereocenters. The van der Waals surface area contributed by atoms with Gasteiger partial charge < -0.3 is 5.32 Å². The maximum absolute atomic E-state index is 12.3. The number of aromatic nitrogens is 1. The molecule has 1 aromatic heterocycles. The topological polar surface area (TPSA) is 62.3 Å². The van der Waals surface area contributed by atoms with Crippen molar-refractivity contribution in [3.63, 3.8) is 0 Å². The summed E-state index contributed by atoms with van der Waals surface area (Å²) in [5.74, 6) is 0.572. The van der Waals surface area contributed by atoms with Gasteiger partial charge in [-0.2, -0.15) is 4.31 Å². The highest BCUT2D eigenvalue weighted by atomic mass is 32.2. The fourth-order valence-corrected chi connectivity index (χ4v) is 3.49. The minimum absolute atomic E-state index is 0.318. The zero-order valence-electron chi connectivity index (χ0n) is 9.89. The van der Waals surface area contributed by atoms with Crippen LogP contribution < -0.4 is 5.32 Å². The molecule has 1 fully saturated rings. The molecule has 1 aromatic rings. The van der Waals surface area contributed by atoms with Gasteiger partial charge in [0.15, 0.2) is 0 Å². The molecule has 1 N–H and O–H groups in total. The minimum atomic E-state index is -3.34. The van der Waals surface area contributed by atoms with E-state index in [0.29, 0.717) is 23.8 Å². The number of rotatable bonds is 3. The SMILES string of the molecule is CNc1cc(S(=O)(=O)N2CCCCC2)ccn1. The number of piperidine rings is 1. The average molecular weight is 255 g/mol. The lowest BCUT2D eigenvalue weighted by Crippen LogP contribution is -2.35. The van der Waals surface area contributed by atoms with Gasteiger partial charge in [0.05, 0.1) is 4.90 Å². The van der Waals surface area contributed by atoms with Crippen LogP contribution in [0.2, 0.25) is 0 Å². The highest BCUT2D eigenvalue weighted by Crippen LogP contribution is 2.21. The number of hydrogen-bond acceptors (Lipinski definition) is 4. The van der Waals surface area contributed by atoms with E-state index in [9.17, 15) is 8.42 Å². The fourth-order valence-electron chi connectivity index (χ4n) is 1.96. The molecule has 1 aliphatic heterocycles. The summed E-state index contributed by atoms with van der Waals surface area (Å²) in [6.07, 6.45) is 4.53. The lowest BCUT2D eigenvalue weighted by Gasteiger charge is -2.25. The van der Waals surface area contributed by atoms with E-state index >= 15 is 0 Å². The van der Waals surface area contributed by atoms with Crippen LogP contribution in [0.25, 0.3) is 0 Å². The lowest BCUT2D eigenvalue weighted by atomic mass is 10.2. The summed E-state index contributed by atoms with van der Waals surface area (Å²) >= 11 is 0. The first-order valence-electron chi connectivity index (χ1n) is 5.78. The molecule has 0 spiro atoms. The molecule has 2 rings (SSSR count). The van der Waals surface area contributed by atoms with E-state index in [4.69, 9.17) is 0 Å². The van der Waals surface area contributed by atoms with Gasteiger partial charge in [-0.3, -0.25) is 0 Å². The Labute approximate surface area is 102 Å². The smallest absolute Gasteiger partial charge is 0.243 e. The molecular formula is C11H17N3O2S. The molecule has 1 saturated heterocycles. The Morgan fingerprint density at radius 2 is 2.00 bits per heavy atom. The first kappa shape index (κ1) is 12.3. The minimum Gasteiger partial charge on any atom is -0.373 e. The lowest BCUT2D eigenvalue weighted by molar-refractivity contribution is 0.346. The van der Waals surface area contributed by atoms with Crippen molar-refractivity contribution in [1.82, 2.24) is 9.29 Å². The molecule has 0 radical (unpaired) electrons. The van der Waals surface area contributed by atoms with Crippen molar-refractivity contribution in [1.29, 1.82) is 0 Å². The van der Waals surface area contributed by atoms with Crippen molar-refractivity contribution in [2.45, 2.75) is 24.2 Å². The van der Waals surface area contributed by atoms with Gasteiger partial charge in [-0.05, 0) is 18.9 Å². The molecule has 2 heterocycles. The first-order valence-corrected chi connectivity index (χ1v) is 7.22. The third-order valence-corrected chi connectivity index (χ3v) is 4.83. The maximum Gasteiger partial charge on any atom is 0.243 e. The number of hydrogen-bond donors (Lipinski definition) is 1. The van der Waals surface area contributed by atoms with Crippen molar-refractivity contribution >= 4 is 15.8 Å². The van der Waals surface area contributed by atoms with Crippen LogP contribution in [0, 0.1) is 0 Å². The Balaban J connectivity index is 2.29. The van der Waals surface area contributed by atoms with Crippen LogP contribution >= 0.6 is 0 Å². The van der Waals surface area contributed by atoms with Gasteiger partial charge in [-0.1, -0.05) is 6.42 Å². The number of nitrogens with zero attached hydrogens (tertiary/aromatic N) is 2. The average Bonchev–Trinajstić information content (AvgIpc) is 2.40. The summed E-state index contributed by atoms with van der Waals surface area (Å²) < 4.78 is 26.2. The van der Waals surface area contributed by atoms with Crippen LogP contribution in [0.1, 0.15) is 19.3 Å². The molecule has 0 bridgehead atoms. The van der Waals surface area contributed by atoms with E-state index in [0.717, 1.165) is 19.3 Å². The third-order valence-electron chi connectivity index (χ3n) is 2.94. The second kappa shape index (κ2) is 5.01. The van der Waals surface area contributed by atoms with Crippen LogP contribution in [0.5, 0.6) is 0 Å². The second-order valence-electron chi connectivity index (χ2n) is 4.09. The first-order chi connectivity index (χ1) is 8.14. The van der Waals surface area contributed by atoms with Gasteiger partial charge in [0.2, 0.25) is 10.0 Å². The Hall–Kier alpha value is -1.14. The summed E-state index contributed by atoms with van der Waals surface area (Å²) in [6.45, 7) is 1.25. The second-order valence-corrected chi connectivity index (χ2v) is 6.03. The van der Waals surface area contributed by atoms with Gasteiger partial charge in [-0.25, -0.2) is 13.4 Å². The highest BCUT2D eigenvalue weighted by molar-refractivity contribution is 7.89. The molecule has 0 unspecified atom stereocenters. The van der Waals surface area contributed by atoms with E-state index < -0.39 is 10.0 Å². The molecule has 0 saturated carbocycles. The summed E-state index contributed by atoms with van der Waals surface area (Å²) in [5.41, 5.74) is 0. The van der Waals surface area contributed by atoms with E-state index in [-0.39, 0.29) is 0 Å². The predicted octanol–water partition coefficient (Wildman–Crippen LogP) is 1.30. The molecule has 0 aliphatic carbocycles. The quantitative estimate of drug-likeness (QED) is 0.884. The standard InChI is InChI=1S/C11H17N3O2S/c1-12-11-9-10(5-6-13-11)17(15,16)14-7-3-2-4-8-14/h5-6,9H,2-4,7-8H2,1H3,(H,12,13). The van der Waals surface area contributed by atoms with Crippen molar-refractivity contribution in [2.24, 2.45) is 0 Å². The van der Waals surface area contributed by atoms with Gasteiger partial charge >= 0.3 is 0 Å². The number of pyridine rings is 1. The molecule has 0 amide bonds. The largest absolute Gasteiger partial charge is 0.373 e. The summed E-state index contributed by atoms with van der Waals surface area (Å²) in [6, 6.07) is 3.12. The summed E-state index contributed by atoms with van der Waals surface area (Å²) in [4.78, 5) is 4.34. The maximum atomic E-state index is 12.3. The van der Waals surface area contributed by atoms with Crippen LogP contribution in [0.4, 0.5) is 5.82 Å². The van der Waals surface area contributed by atoms with E-state index in [1.54, 1.807) is 23.5 Å². The van der Waals surface area contributed by atoms with Gasteiger partial charge in [-0.15, -0.1) is 0 Å².